The van der Waals surface area contributed by atoms with E-state index in [4.69, 9.17) is 4.52 Å². The summed E-state index contributed by atoms with van der Waals surface area (Å²) in [5, 5.41) is 6.88. The van der Waals surface area contributed by atoms with Crippen molar-refractivity contribution in [2.45, 2.75) is 20.4 Å². The summed E-state index contributed by atoms with van der Waals surface area (Å²) in [6.45, 7) is 4.56. The second-order valence-corrected chi connectivity index (χ2v) is 8.01. The molecular formula is C23H22N5O3S+. The van der Waals surface area contributed by atoms with Crippen LogP contribution in [0.4, 0.5) is 11.6 Å². The number of carbonyl (C=O) groups is 2. The average molecular weight is 449 g/mol. The van der Waals surface area contributed by atoms with Gasteiger partial charge in [0.2, 0.25) is 11.2 Å². The van der Waals surface area contributed by atoms with Crippen molar-refractivity contribution in [2.75, 3.05) is 16.0 Å². The largest absolute Gasteiger partial charge is 0.302 e. The van der Waals surface area contributed by atoms with Crippen molar-refractivity contribution in [1.82, 2.24) is 5.27 Å². The molecule has 1 aliphatic heterocycles. The average Bonchev–Trinajstić information content (AvgIpc) is 3.38. The lowest BCUT2D eigenvalue weighted by Crippen LogP contribution is -2.33. The molecule has 1 aromatic heterocycles. The number of benzene rings is 2. The summed E-state index contributed by atoms with van der Waals surface area (Å²) in [6, 6.07) is 17.1. The molecule has 9 heteroatoms. The quantitative estimate of drug-likeness (QED) is 0.461. The van der Waals surface area contributed by atoms with Crippen LogP contribution >= 0.6 is 11.8 Å². The molecule has 32 heavy (non-hydrogen) atoms. The normalized spacial score (nSPS) is 14.7. The zero-order valence-corrected chi connectivity index (χ0v) is 18.5. The fourth-order valence-electron chi connectivity index (χ4n) is 3.01. The number of para-hydroxylation sites is 1. The highest BCUT2D eigenvalue weighted by Gasteiger charge is 2.32. The van der Waals surface area contributed by atoms with Gasteiger partial charge in [-0.05, 0) is 37.6 Å². The van der Waals surface area contributed by atoms with Gasteiger partial charge in [0.25, 0.3) is 12.1 Å². The maximum absolute atomic E-state index is 13.2. The molecule has 8 nitrogen and oxygen atoms in total. The van der Waals surface area contributed by atoms with Gasteiger partial charge < -0.3 is 0 Å². The Kier molecular flexibility index (Phi) is 6.46. The van der Waals surface area contributed by atoms with Crippen molar-refractivity contribution in [1.29, 1.82) is 0 Å². The summed E-state index contributed by atoms with van der Waals surface area (Å²) in [7, 11) is 0. The smallest absolute Gasteiger partial charge is 0.288 e. The lowest BCUT2D eigenvalue weighted by molar-refractivity contribution is -0.759. The fourth-order valence-corrected chi connectivity index (χ4v) is 3.82. The van der Waals surface area contributed by atoms with E-state index in [9.17, 15) is 9.59 Å². The van der Waals surface area contributed by atoms with E-state index in [0.717, 1.165) is 11.1 Å². The van der Waals surface area contributed by atoms with Crippen LogP contribution in [0.25, 0.3) is 6.08 Å². The molecule has 0 aliphatic carbocycles. The number of nitrogens with one attached hydrogen (secondary N) is 1. The molecule has 0 spiro atoms. The minimum absolute atomic E-state index is 0.0556. The molecule has 2 aromatic carbocycles. The topological polar surface area (TPSA) is 91.7 Å². The minimum atomic E-state index is -0.284. The van der Waals surface area contributed by atoms with Crippen LogP contribution in [0.1, 0.15) is 18.1 Å². The Balaban J connectivity index is 1.53. The summed E-state index contributed by atoms with van der Waals surface area (Å²) in [6.07, 6.45) is 3.36. The second kappa shape index (κ2) is 9.61. The van der Waals surface area contributed by atoms with Gasteiger partial charge in [-0.25, -0.2) is 4.99 Å². The van der Waals surface area contributed by atoms with Crippen molar-refractivity contribution in [3.8, 4) is 0 Å². The first-order valence-electron chi connectivity index (χ1n) is 10.1. The molecule has 3 aromatic rings. The maximum Gasteiger partial charge on any atom is 0.302 e. The molecule has 2 heterocycles. The van der Waals surface area contributed by atoms with E-state index in [1.54, 1.807) is 17.0 Å². The predicted molar refractivity (Wildman–Crippen MR) is 124 cm³/mol. The van der Waals surface area contributed by atoms with Crippen molar-refractivity contribution in [3.63, 3.8) is 0 Å². The first-order valence-corrected chi connectivity index (χ1v) is 11.1. The number of nitrogens with zero attached hydrogens (tertiary/aromatic N) is 4. The second-order valence-electron chi connectivity index (χ2n) is 7.07. The van der Waals surface area contributed by atoms with E-state index in [2.05, 4.69) is 15.6 Å². The first kappa shape index (κ1) is 21.5. The molecule has 0 bridgehead atoms. The number of aromatic nitrogens is 2. The van der Waals surface area contributed by atoms with Crippen LogP contribution in [0, 0.1) is 6.92 Å². The minimum Gasteiger partial charge on any atom is -0.288 e. The van der Waals surface area contributed by atoms with Gasteiger partial charge in [-0.1, -0.05) is 64.5 Å². The third-order valence-electron chi connectivity index (χ3n) is 4.65. The highest BCUT2D eigenvalue weighted by Crippen LogP contribution is 2.29. The SMILES string of the molecule is CC[n+]1cc(NC(=O)CSC2=N/C(=C/c3ccc(C)cc3)C(=O)N2c2ccccc2)on1. The van der Waals surface area contributed by atoms with Crippen molar-refractivity contribution < 1.29 is 18.8 Å². The van der Waals surface area contributed by atoms with Crippen LogP contribution in [0.2, 0.25) is 0 Å². The van der Waals surface area contributed by atoms with E-state index in [-0.39, 0.29) is 23.5 Å². The number of amidine groups is 1. The third kappa shape index (κ3) is 4.94. The molecule has 0 unspecified atom stereocenters. The number of hydrogen-bond acceptors (Lipinski definition) is 6. The monoisotopic (exact) mass is 448 g/mol. The molecule has 0 atom stereocenters. The van der Waals surface area contributed by atoms with Gasteiger partial charge in [-0.2, -0.15) is 0 Å². The van der Waals surface area contributed by atoms with E-state index < -0.39 is 0 Å². The number of hydrogen-bond donors (Lipinski definition) is 1. The van der Waals surface area contributed by atoms with E-state index in [0.29, 0.717) is 23.1 Å². The number of carbonyl (C=O) groups excluding carboxylic acids is 2. The van der Waals surface area contributed by atoms with Crippen LogP contribution < -0.4 is 14.9 Å². The highest BCUT2D eigenvalue weighted by molar-refractivity contribution is 8.14. The van der Waals surface area contributed by atoms with Gasteiger partial charge in [-0.3, -0.25) is 24.3 Å². The lowest BCUT2D eigenvalue weighted by atomic mass is 10.1. The Morgan fingerprint density at radius 2 is 1.94 bits per heavy atom. The molecule has 2 amide bonds. The first-order chi connectivity index (χ1) is 15.5. The number of amides is 2. The van der Waals surface area contributed by atoms with Crippen LogP contribution in [0.5, 0.6) is 0 Å². The van der Waals surface area contributed by atoms with Crippen LogP contribution in [-0.4, -0.2) is 28.0 Å². The molecule has 0 saturated carbocycles. The van der Waals surface area contributed by atoms with Crippen molar-refractivity contribution >= 4 is 46.4 Å². The third-order valence-corrected chi connectivity index (χ3v) is 5.59. The van der Waals surface area contributed by atoms with Crippen molar-refractivity contribution in [3.05, 3.63) is 77.6 Å². The Hall–Kier alpha value is -3.72. The number of thioether (sulfide) groups is 1. The van der Waals surface area contributed by atoms with Gasteiger partial charge in [0.05, 0.1) is 11.4 Å². The summed E-state index contributed by atoms with van der Waals surface area (Å²) in [4.78, 5) is 31.6. The Labute approximate surface area is 189 Å². The van der Waals surface area contributed by atoms with Gasteiger partial charge >= 0.3 is 5.88 Å². The summed E-state index contributed by atoms with van der Waals surface area (Å²) >= 11 is 1.18. The van der Waals surface area contributed by atoms with Crippen LogP contribution in [0.3, 0.4) is 0 Å². The Morgan fingerprint density at radius 3 is 2.62 bits per heavy atom. The number of aryl methyl sites for hydroxylation is 2. The zero-order valence-electron chi connectivity index (χ0n) is 17.7. The number of aliphatic imine (C=N–C) groups is 1. The zero-order chi connectivity index (χ0) is 22.5. The molecule has 0 fully saturated rings. The maximum atomic E-state index is 13.2. The Morgan fingerprint density at radius 1 is 1.19 bits per heavy atom. The molecule has 0 saturated heterocycles. The van der Waals surface area contributed by atoms with Crippen LogP contribution in [-0.2, 0) is 16.1 Å². The molecule has 0 radical (unpaired) electrons. The fraction of sp³-hybridized carbons (Fsp3) is 0.174. The van der Waals surface area contributed by atoms with Gasteiger partial charge in [0.1, 0.15) is 5.70 Å². The van der Waals surface area contributed by atoms with Gasteiger partial charge in [0, 0.05) is 0 Å². The summed E-state index contributed by atoms with van der Waals surface area (Å²) in [5.74, 6) is -0.200. The van der Waals surface area contributed by atoms with E-state index >= 15 is 0 Å². The molecule has 1 aliphatic rings. The van der Waals surface area contributed by atoms with E-state index in [1.807, 2.05) is 68.4 Å². The molecule has 162 valence electrons. The van der Waals surface area contributed by atoms with Crippen LogP contribution in [0.15, 0.2) is 76.0 Å². The van der Waals surface area contributed by atoms with E-state index in [1.165, 1.54) is 16.7 Å². The number of anilines is 2. The summed E-state index contributed by atoms with van der Waals surface area (Å²) in [5.41, 5.74) is 3.03. The molecule has 1 N–H and O–H groups in total. The lowest BCUT2D eigenvalue weighted by Gasteiger charge is -2.17. The highest BCUT2D eigenvalue weighted by atomic mass is 32.2. The number of rotatable bonds is 6. The van der Waals surface area contributed by atoms with Gasteiger partial charge in [0.15, 0.2) is 11.7 Å². The Bertz CT molecular complexity index is 1190. The predicted octanol–water partition coefficient (Wildman–Crippen LogP) is 3.41. The van der Waals surface area contributed by atoms with Gasteiger partial charge in [-0.15, -0.1) is 0 Å². The standard InChI is InChI=1S/C23H21N5O3S/c1-3-27-14-21(31-26-27)25-20(29)15-32-23-24-19(13-17-11-9-16(2)10-12-17)22(30)28(23)18-7-5-4-6-8-18/h4-14H,3,15H2,1-2H3/p+1/b19-13+. The van der Waals surface area contributed by atoms with Crippen molar-refractivity contribution in [2.24, 2.45) is 4.99 Å². The molecule has 4 rings (SSSR count). The molecular weight excluding hydrogens is 426 g/mol. The summed E-state index contributed by atoms with van der Waals surface area (Å²) < 4.78 is 6.64.